The molecule has 0 saturated heterocycles. The third-order valence-electron chi connectivity index (χ3n) is 3.60. The second-order valence-electron chi connectivity index (χ2n) is 5.53. The van der Waals surface area contributed by atoms with E-state index >= 15 is 0 Å². The van der Waals surface area contributed by atoms with Crippen LogP contribution in [0.4, 0.5) is 14.5 Å². The Labute approximate surface area is 159 Å². The fourth-order valence-corrected chi connectivity index (χ4v) is 3.15. The van der Waals surface area contributed by atoms with Gasteiger partial charge in [-0.05, 0) is 12.1 Å². The van der Waals surface area contributed by atoms with E-state index in [1.807, 2.05) is 34.9 Å². The summed E-state index contributed by atoms with van der Waals surface area (Å²) in [4.78, 5) is 12.1. The molecule has 0 saturated carbocycles. The fourth-order valence-electron chi connectivity index (χ4n) is 2.40. The van der Waals surface area contributed by atoms with E-state index in [0.29, 0.717) is 17.5 Å². The quantitative estimate of drug-likeness (QED) is 0.490. The molecule has 3 aromatic rings. The minimum atomic E-state index is -0.698. The number of carbonyl (C=O) groups is 1. The maximum atomic E-state index is 13.6. The lowest BCUT2D eigenvalue weighted by Crippen LogP contribution is -2.15. The standard InChI is InChI=1S/C19H16F2N4OS/c1-2-10-25-18(13-6-4-3-5-7-13)23-24-19(25)27-12-17(26)22-16-11-14(20)8-9-15(16)21/h2-9,11H,1,10,12H2,(H,22,26). The first-order chi connectivity index (χ1) is 13.1. The van der Waals surface area contributed by atoms with Crippen molar-refractivity contribution in [1.82, 2.24) is 14.8 Å². The largest absolute Gasteiger partial charge is 0.323 e. The zero-order valence-corrected chi connectivity index (χ0v) is 15.0. The molecule has 1 heterocycles. The number of halogens is 2. The molecule has 0 bridgehead atoms. The van der Waals surface area contributed by atoms with Crippen LogP contribution in [-0.2, 0) is 11.3 Å². The summed E-state index contributed by atoms with van der Waals surface area (Å²) in [7, 11) is 0. The second kappa shape index (κ2) is 8.59. The summed E-state index contributed by atoms with van der Waals surface area (Å²) in [5, 5.41) is 11.2. The Kier molecular flexibility index (Phi) is 5.97. The van der Waals surface area contributed by atoms with Crippen molar-refractivity contribution < 1.29 is 13.6 Å². The Balaban J connectivity index is 1.72. The molecule has 1 N–H and O–H groups in total. The predicted molar refractivity (Wildman–Crippen MR) is 101 cm³/mol. The number of thioether (sulfide) groups is 1. The number of hydrogen-bond donors (Lipinski definition) is 1. The summed E-state index contributed by atoms with van der Waals surface area (Å²) >= 11 is 1.15. The van der Waals surface area contributed by atoms with Gasteiger partial charge in [-0.2, -0.15) is 0 Å². The van der Waals surface area contributed by atoms with Gasteiger partial charge in [-0.3, -0.25) is 9.36 Å². The van der Waals surface area contributed by atoms with E-state index in [1.54, 1.807) is 6.08 Å². The molecular weight excluding hydrogens is 370 g/mol. The topological polar surface area (TPSA) is 59.8 Å². The van der Waals surface area contributed by atoms with Crippen LogP contribution in [0.25, 0.3) is 11.4 Å². The number of amides is 1. The molecule has 0 aliphatic carbocycles. The van der Waals surface area contributed by atoms with E-state index in [9.17, 15) is 13.6 Å². The van der Waals surface area contributed by atoms with E-state index < -0.39 is 17.5 Å². The molecule has 0 aliphatic heterocycles. The minimum absolute atomic E-state index is 0.0278. The van der Waals surface area contributed by atoms with Gasteiger partial charge in [0.15, 0.2) is 11.0 Å². The Bertz CT molecular complexity index is 960. The molecule has 1 aromatic heterocycles. The highest BCUT2D eigenvalue weighted by Gasteiger charge is 2.15. The zero-order chi connectivity index (χ0) is 19.2. The van der Waals surface area contributed by atoms with Crippen LogP contribution in [0.1, 0.15) is 0 Å². The van der Waals surface area contributed by atoms with E-state index in [-0.39, 0.29) is 11.4 Å². The molecule has 3 rings (SSSR count). The first kappa shape index (κ1) is 18.8. The second-order valence-corrected chi connectivity index (χ2v) is 6.48. The van der Waals surface area contributed by atoms with Gasteiger partial charge in [0.1, 0.15) is 11.6 Å². The minimum Gasteiger partial charge on any atom is -0.323 e. The van der Waals surface area contributed by atoms with Gasteiger partial charge in [0.25, 0.3) is 0 Å². The normalized spacial score (nSPS) is 10.6. The Morgan fingerprint density at radius 2 is 1.96 bits per heavy atom. The Morgan fingerprint density at radius 3 is 2.70 bits per heavy atom. The van der Waals surface area contributed by atoms with Crippen LogP contribution in [0, 0.1) is 11.6 Å². The lowest BCUT2D eigenvalue weighted by Gasteiger charge is -2.08. The van der Waals surface area contributed by atoms with Gasteiger partial charge < -0.3 is 5.32 Å². The number of hydrogen-bond acceptors (Lipinski definition) is 4. The van der Waals surface area contributed by atoms with E-state index in [4.69, 9.17) is 0 Å². The van der Waals surface area contributed by atoms with Crippen molar-refractivity contribution in [1.29, 1.82) is 0 Å². The number of carbonyl (C=O) groups excluding carboxylic acids is 1. The van der Waals surface area contributed by atoms with Crippen molar-refractivity contribution in [2.45, 2.75) is 11.7 Å². The Morgan fingerprint density at radius 1 is 1.19 bits per heavy atom. The lowest BCUT2D eigenvalue weighted by molar-refractivity contribution is -0.113. The van der Waals surface area contributed by atoms with Crippen molar-refractivity contribution in [3.8, 4) is 11.4 Å². The van der Waals surface area contributed by atoms with Crippen LogP contribution < -0.4 is 5.32 Å². The third kappa shape index (κ3) is 4.59. The maximum Gasteiger partial charge on any atom is 0.234 e. The van der Waals surface area contributed by atoms with Crippen LogP contribution in [0.2, 0.25) is 0 Å². The highest BCUT2D eigenvalue weighted by Crippen LogP contribution is 2.24. The third-order valence-corrected chi connectivity index (χ3v) is 4.56. The Hall–Kier alpha value is -3.00. The molecule has 138 valence electrons. The van der Waals surface area contributed by atoms with Crippen molar-refractivity contribution in [2.75, 3.05) is 11.1 Å². The van der Waals surface area contributed by atoms with E-state index in [2.05, 4.69) is 22.1 Å². The van der Waals surface area contributed by atoms with Gasteiger partial charge in [-0.15, -0.1) is 16.8 Å². The molecule has 0 aliphatic rings. The summed E-state index contributed by atoms with van der Waals surface area (Å²) in [5.41, 5.74) is 0.697. The number of nitrogens with zero attached hydrogens (tertiary/aromatic N) is 3. The molecule has 0 fully saturated rings. The first-order valence-corrected chi connectivity index (χ1v) is 9.04. The number of allylic oxidation sites excluding steroid dienone is 1. The molecular formula is C19H16F2N4OS. The lowest BCUT2D eigenvalue weighted by atomic mass is 10.2. The summed E-state index contributed by atoms with van der Waals surface area (Å²) in [6.07, 6.45) is 1.71. The number of aromatic nitrogens is 3. The van der Waals surface area contributed by atoms with Crippen LogP contribution >= 0.6 is 11.8 Å². The number of anilines is 1. The monoisotopic (exact) mass is 386 g/mol. The number of rotatable bonds is 7. The average Bonchev–Trinajstić information content (AvgIpc) is 3.07. The first-order valence-electron chi connectivity index (χ1n) is 8.05. The molecule has 0 radical (unpaired) electrons. The van der Waals surface area contributed by atoms with Crippen molar-refractivity contribution in [3.05, 3.63) is 72.8 Å². The molecule has 0 atom stereocenters. The average molecular weight is 386 g/mol. The van der Waals surface area contributed by atoms with Gasteiger partial charge >= 0.3 is 0 Å². The highest BCUT2D eigenvalue weighted by molar-refractivity contribution is 7.99. The van der Waals surface area contributed by atoms with Gasteiger partial charge in [-0.1, -0.05) is 48.2 Å². The molecule has 5 nitrogen and oxygen atoms in total. The van der Waals surface area contributed by atoms with Gasteiger partial charge in [0.05, 0.1) is 11.4 Å². The van der Waals surface area contributed by atoms with Crippen molar-refractivity contribution in [2.24, 2.45) is 0 Å². The van der Waals surface area contributed by atoms with Crippen LogP contribution in [0.5, 0.6) is 0 Å². The van der Waals surface area contributed by atoms with Crippen molar-refractivity contribution >= 4 is 23.4 Å². The maximum absolute atomic E-state index is 13.6. The molecule has 8 heteroatoms. The molecule has 0 unspecified atom stereocenters. The SMILES string of the molecule is C=CCn1c(SCC(=O)Nc2cc(F)ccc2F)nnc1-c1ccccc1. The zero-order valence-electron chi connectivity index (χ0n) is 14.2. The van der Waals surface area contributed by atoms with Crippen molar-refractivity contribution in [3.63, 3.8) is 0 Å². The van der Waals surface area contributed by atoms with Gasteiger partial charge in [0.2, 0.25) is 5.91 Å². The van der Waals surface area contributed by atoms with Crippen LogP contribution in [-0.4, -0.2) is 26.4 Å². The number of benzene rings is 2. The summed E-state index contributed by atoms with van der Waals surface area (Å²) in [6.45, 7) is 4.21. The summed E-state index contributed by atoms with van der Waals surface area (Å²) < 4.78 is 28.7. The molecule has 1 amide bonds. The number of nitrogens with one attached hydrogen (secondary N) is 1. The molecule has 0 spiro atoms. The van der Waals surface area contributed by atoms with E-state index in [0.717, 1.165) is 35.5 Å². The molecule has 2 aromatic carbocycles. The molecule has 27 heavy (non-hydrogen) atoms. The van der Waals surface area contributed by atoms with Crippen LogP contribution in [0.15, 0.2) is 66.3 Å². The smallest absolute Gasteiger partial charge is 0.234 e. The highest BCUT2D eigenvalue weighted by atomic mass is 32.2. The van der Waals surface area contributed by atoms with Gasteiger partial charge in [-0.25, -0.2) is 8.78 Å². The predicted octanol–water partition coefficient (Wildman–Crippen LogP) is 4.14. The van der Waals surface area contributed by atoms with Crippen LogP contribution in [0.3, 0.4) is 0 Å². The fraction of sp³-hybridized carbons (Fsp3) is 0.105. The van der Waals surface area contributed by atoms with Gasteiger partial charge in [0, 0.05) is 18.2 Å². The summed E-state index contributed by atoms with van der Waals surface area (Å²) in [5.74, 6) is -1.16. The van der Waals surface area contributed by atoms with E-state index in [1.165, 1.54) is 0 Å². The summed E-state index contributed by atoms with van der Waals surface area (Å²) in [6, 6.07) is 12.4.